The summed E-state index contributed by atoms with van der Waals surface area (Å²) >= 11 is 3.44. The third-order valence-electron chi connectivity index (χ3n) is 5.65. The molecular weight excluding hydrogens is 474 g/mol. The van der Waals surface area contributed by atoms with Crippen LogP contribution in [0, 0.1) is 0 Å². The fourth-order valence-electron chi connectivity index (χ4n) is 4.02. The summed E-state index contributed by atoms with van der Waals surface area (Å²) in [5.41, 5.74) is 8.87. The van der Waals surface area contributed by atoms with Gasteiger partial charge in [-0.15, -0.1) is 0 Å². The predicted molar refractivity (Wildman–Crippen MR) is 125 cm³/mol. The van der Waals surface area contributed by atoms with Crippen molar-refractivity contribution < 1.29 is 14.3 Å². The minimum absolute atomic E-state index is 0.0655. The summed E-state index contributed by atoms with van der Waals surface area (Å²) < 4.78 is 14.4. The second kappa shape index (κ2) is 9.70. The van der Waals surface area contributed by atoms with Crippen LogP contribution in [0.2, 0.25) is 0 Å². The number of pyridine rings is 1. The van der Waals surface area contributed by atoms with E-state index in [1.807, 2.05) is 37.5 Å². The second-order valence-electron chi connectivity index (χ2n) is 7.85. The fraction of sp³-hybridized carbons (Fsp3) is 0.348. The molecule has 0 bridgehead atoms. The number of nitrogen functional groups attached to an aromatic ring is 1. The van der Waals surface area contributed by atoms with Crippen molar-refractivity contribution in [3.8, 4) is 16.9 Å². The van der Waals surface area contributed by atoms with Crippen LogP contribution in [0.1, 0.15) is 35.2 Å². The highest BCUT2D eigenvalue weighted by atomic mass is 79.9. The van der Waals surface area contributed by atoms with Crippen molar-refractivity contribution in [1.29, 1.82) is 0 Å². The molecule has 2 aromatic heterocycles. The molecule has 1 aliphatic carbocycles. The number of halogens is 1. The van der Waals surface area contributed by atoms with Crippen LogP contribution in [0.25, 0.3) is 11.1 Å². The number of aromatic nitrogens is 3. The Bertz CT molecular complexity index is 1100. The predicted octanol–water partition coefficient (Wildman–Crippen LogP) is 3.70. The molecule has 0 aliphatic heterocycles. The first-order valence-corrected chi connectivity index (χ1v) is 11.2. The van der Waals surface area contributed by atoms with Gasteiger partial charge in [-0.2, -0.15) is 5.10 Å². The summed E-state index contributed by atoms with van der Waals surface area (Å²) in [6.07, 6.45) is 7.78. The van der Waals surface area contributed by atoms with Gasteiger partial charge in [0.15, 0.2) is 0 Å². The van der Waals surface area contributed by atoms with Gasteiger partial charge in [-0.3, -0.25) is 9.48 Å². The van der Waals surface area contributed by atoms with Crippen molar-refractivity contribution in [3.63, 3.8) is 0 Å². The molecule has 8 nitrogen and oxygen atoms in total. The summed E-state index contributed by atoms with van der Waals surface area (Å²) in [7, 11) is 3.34. The van der Waals surface area contributed by atoms with E-state index in [9.17, 15) is 4.79 Å². The number of nitrogens with two attached hydrogens (primary N) is 1. The third-order valence-corrected chi connectivity index (χ3v) is 6.18. The van der Waals surface area contributed by atoms with Crippen LogP contribution >= 0.6 is 15.9 Å². The number of amides is 1. The Kier molecular flexibility index (Phi) is 6.76. The van der Waals surface area contributed by atoms with Crippen molar-refractivity contribution in [1.82, 2.24) is 20.1 Å². The second-order valence-corrected chi connectivity index (χ2v) is 8.77. The smallest absolute Gasteiger partial charge is 0.259 e. The molecule has 0 saturated heterocycles. The van der Waals surface area contributed by atoms with Crippen LogP contribution in [0.3, 0.4) is 0 Å². The van der Waals surface area contributed by atoms with Gasteiger partial charge in [-0.05, 0) is 37.0 Å². The van der Waals surface area contributed by atoms with Crippen molar-refractivity contribution >= 4 is 27.7 Å². The molecule has 2 heterocycles. The molecule has 0 radical (unpaired) electrons. The summed E-state index contributed by atoms with van der Waals surface area (Å²) in [6, 6.07) is 7.92. The Morgan fingerprint density at radius 2 is 2.06 bits per heavy atom. The zero-order chi connectivity index (χ0) is 22.7. The zero-order valence-corrected chi connectivity index (χ0v) is 19.6. The van der Waals surface area contributed by atoms with Gasteiger partial charge in [-0.1, -0.05) is 28.1 Å². The first-order valence-electron chi connectivity index (χ1n) is 10.4. The molecule has 1 aliphatic rings. The number of carbonyl (C=O) groups excluding carboxylic acids is 1. The van der Waals surface area contributed by atoms with Gasteiger partial charge in [0.1, 0.15) is 17.1 Å². The van der Waals surface area contributed by atoms with Gasteiger partial charge < -0.3 is 20.5 Å². The lowest BCUT2D eigenvalue weighted by atomic mass is 10.1. The molecule has 4 rings (SSSR count). The SMILES string of the molecule is COc1c(-c2cnn(C)c2)cnc(N)c1C(=O)N[C@H]1CCC[C@@H]1OCc1ccc(Br)cc1. The molecule has 32 heavy (non-hydrogen) atoms. The minimum atomic E-state index is -0.318. The van der Waals surface area contributed by atoms with Gasteiger partial charge in [-0.25, -0.2) is 4.98 Å². The summed E-state index contributed by atoms with van der Waals surface area (Å²) in [5.74, 6) is 0.187. The van der Waals surface area contributed by atoms with Crippen molar-refractivity contribution in [2.45, 2.75) is 38.0 Å². The van der Waals surface area contributed by atoms with Crippen LogP contribution in [-0.4, -0.2) is 39.9 Å². The Morgan fingerprint density at radius 3 is 2.75 bits per heavy atom. The van der Waals surface area contributed by atoms with E-state index < -0.39 is 0 Å². The first kappa shape index (κ1) is 22.3. The lowest BCUT2D eigenvalue weighted by molar-refractivity contribution is 0.0271. The summed E-state index contributed by atoms with van der Waals surface area (Å²) in [5, 5.41) is 7.29. The lowest BCUT2D eigenvalue weighted by Crippen LogP contribution is -2.41. The van der Waals surface area contributed by atoms with E-state index in [1.165, 1.54) is 7.11 Å². The largest absolute Gasteiger partial charge is 0.495 e. The Labute approximate surface area is 195 Å². The summed E-state index contributed by atoms with van der Waals surface area (Å²) in [4.78, 5) is 17.5. The minimum Gasteiger partial charge on any atom is -0.495 e. The van der Waals surface area contributed by atoms with E-state index in [4.69, 9.17) is 15.2 Å². The zero-order valence-electron chi connectivity index (χ0n) is 18.0. The Hall–Kier alpha value is -2.91. The molecule has 3 N–H and O–H groups in total. The van der Waals surface area contributed by atoms with E-state index in [0.717, 1.165) is 34.9 Å². The number of benzene rings is 1. The van der Waals surface area contributed by atoms with Crippen molar-refractivity contribution in [2.75, 3.05) is 12.8 Å². The van der Waals surface area contributed by atoms with E-state index >= 15 is 0 Å². The van der Waals surface area contributed by atoms with Crippen LogP contribution in [0.5, 0.6) is 5.75 Å². The monoisotopic (exact) mass is 499 g/mol. The quantitative estimate of drug-likeness (QED) is 0.513. The number of carbonyl (C=O) groups is 1. The van der Waals surface area contributed by atoms with Gasteiger partial charge in [0.25, 0.3) is 5.91 Å². The van der Waals surface area contributed by atoms with Crippen LogP contribution in [0.15, 0.2) is 47.3 Å². The number of rotatable bonds is 7. The molecule has 3 aromatic rings. The standard InChI is InChI=1S/C23H26BrN5O3/c1-29-12-15(10-27-29)17-11-26-22(25)20(21(17)31-2)23(30)28-18-4-3-5-19(18)32-13-14-6-8-16(24)9-7-14/h6-12,18-19H,3-5,13H2,1-2H3,(H2,25,26)(H,28,30)/t18-,19-/m0/s1. The van der Waals surface area contributed by atoms with Crippen molar-refractivity contribution in [3.05, 3.63) is 58.5 Å². The van der Waals surface area contributed by atoms with Gasteiger partial charge in [0, 0.05) is 35.0 Å². The molecule has 168 valence electrons. The van der Waals surface area contributed by atoms with Crippen LogP contribution < -0.4 is 15.8 Å². The van der Waals surface area contributed by atoms with Gasteiger partial charge in [0.2, 0.25) is 0 Å². The van der Waals surface area contributed by atoms with Crippen LogP contribution in [-0.2, 0) is 18.4 Å². The maximum Gasteiger partial charge on any atom is 0.259 e. The number of methoxy groups -OCH3 is 1. The van der Waals surface area contributed by atoms with E-state index in [0.29, 0.717) is 17.9 Å². The summed E-state index contributed by atoms with van der Waals surface area (Å²) in [6.45, 7) is 0.494. The number of nitrogens with one attached hydrogen (secondary N) is 1. The first-order chi connectivity index (χ1) is 15.5. The number of aryl methyl sites for hydroxylation is 1. The molecule has 0 unspecified atom stereocenters. The van der Waals surface area contributed by atoms with Gasteiger partial charge in [0.05, 0.1) is 32.1 Å². The number of hydrogen-bond acceptors (Lipinski definition) is 6. The fourth-order valence-corrected chi connectivity index (χ4v) is 4.29. The van der Waals surface area contributed by atoms with E-state index in [1.54, 1.807) is 17.1 Å². The van der Waals surface area contributed by atoms with E-state index in [-0.39, 0.29) is 29.4 Å². The Balaban J connectivity index is 1.50. The highest BCUT2D eigenvalue weighted by Crippen LogP contribution is 2.35. The van der Waals surface area contributed by atoms with Gasteiger partial charge >= 0.3 is 0 Å². The maximum atomic E-state index is 13.3. The molecule has 1 fully saturated rings. The average Bonchev–Trinajstić information content (AvgIpc) is 3.41. The lowest BCUT2D eigenvalue weighted by Gasteiger charge is -2.23. The highest BCUT2D eigenvalue weighted by Gasteiger charge is 2.32. The molecule has 2 atom stereocenters. The molecule has 0 spiro atoms. The number of nitrogens with zero attached hydrogens (tertiary/aromatic N) is 3. The van der Waals surface area contributed by atoms with E-state index in [2.05, 4.69) is 31.3 Å². The number of ether oxygens (including phenoxy) is 2. The van der Waals surface area contributed by atoms with Crippen LogP contribution in [0.4, 0.5) is 5.82 Å². The highest BCUT2D eigenvalue weighted by molar-refractivity contribution is 9.10. The Morgan fingerprint density at radius 1 is 1.28 bits per heavy atom. The van der Waals surface area contributed by atoms with Crippen molar-refractivity contribution in [2.24, 2.45) is 7.05 Å². The molecule has 9 heteroatoms. The number of hydrogen-bond donors (Lipinski definition) is 2. The molecule has 1 amide bonds. The normalized spacial score (nSPS) is 18.0. The molecule has 1 aromatic carbocycles. The number of anilines is 1. The average molecular weight is 500 g/mol. The molecular formula is C23H26BrN5O3. The maximum absolute atomic E-state index is 13.3. The third kappa shape index (κ3) is 4.78. The molecule has 1 saturated carbocycles. The topological polar surface area (TPSA) is 104 Å².